The Labute approximate surface area is 316 Å². The number of benzene rings is 1. The molecule has 0 fully saturated rings. The Morgan fingerprint density at radius 1 is 0.755 bits per heavy atom. The van der Waals surface area contributed by atoms with Gasteiger partial charge in [-0.25, -0.2) is 22.4 Å². The maximum absolute atomic E-state index is 13.2. The van der Waals surface area contributed by atoms with Crippen molar-refractivity contribution in [3.05, 3.63) is 92.0 Å². The van der Waals surface area contributed by atoms with E-state index in [1.54, 1.807) is 66.9 Å². The fourth-order valence-electron chi connectivity index (χ4n) is 5.03. The van der Waals surface area contributed by atoms with Gasteiger partial charge in [0.1, 0.15) is 5.65 Å². The van der Waals surface area contributed by atoms with Gasteiger partial charge in [-0.15, -0.1) is 23.5 Å². The molecule has 0 radical (unpaired) electrons. The zero-order valence-electron chi connectivity index (χ0n) is 27.6. The van der Waals surface area contributed by atoms with Gasteiger partial charge in [0.25, 0.3) is 10.0 Å². The Morgan fingerprint density at radius 3 is 1.94 bits per heavy atom. The maximum atomic E-state index is 13.2. The molecule has 0 saturated heterocycles. The number of unbranched alkanes of at least 4 members (excludes halogenated alkanes) is 2. The van der Waals surface area contributed by atoms with Gasteiger partial charge in [0.2, 0.25) is 0 Å². The predicted octanol–water partition coefficient (Wildman–Crippen LogP) is 5.23. The number of nitrogens with zero attached hydrogens (tertiary/aromatic N) is 5. The van der Waals surface area contributed by atoms with Gasteiger partial charge < -0.3 is 10.5 Å². The zero-order chi connectivity index (χ0) is 32.6. The summed E-state index contributed by atoms with van der Waals surface area (Å²) in [5, 5.41) is 15.6. The van der Waals surface area contributed by atoms with E-state index in [0.717, 1.165) is 67.9 Å². The Kier molecular flexibility index (Phi) is 14.1. The fourth-order valence-corrected chi connectivity index (χ4v) is 8.37. The van der Waals surface area contributed by atoms with E-state index in [4.69, 9.17) is 0 Å². The van der Waals surface area contributed by atoms with Crippen molar-refractivity contribution < 1.29 is 43.5 Å². The molecular weight excluding hydrogens is 688 g/mol. The molecule has 7 aromatic rings. The number of fused-ring (bicyclic) bond motifs is 2. The summed E-state index contributed by atoms with van der Waals surface area (Å²) in [7, 11) is -3.75. The summed E-state index contributed by atoms with van der Waals surface area (Å²) in [5.41, 5.74) is 5.19. The van der Waals surface area contributed by atoms with Crippen molar-refractivity contribution in [2.24, 2.45) is 0 Å². The molecule has 1 aromatic carbocycles. The van der Waals surface area contributed by atoms with E-state index in [0.29, 0.717) is 5.65 Å². The molecule has 0 saturated carbocycles. The molecule has 15 heteroatoms. The monoisotopic (exact) mass is 724 g/mol. The number of thioether (sulfide) groups is 2. The van der Waals surface area contributed by atoms with E-state index < -0.39 is 10.0 Å². The third kappa shape index (κ3) is 8.87. The molecule has 0 unspecified atom stereocenters. The second-order valence-corrected chi connectivity index (χ2v) is 15.0. The molecule has 0 amide bonds. The second-order valence-electron chi connectivity index (χ2n) is 10.8. The third-order valence-corrected chi connectivity index (χ3v) is 11.3. The van der Waals surface area contributed by atoms with Crippen molar-refractivity contribution in [1.29, 1.82) is 0 Å². The Hall–Kier alpha value is -3.37. The summed E-state index contributed by atoms with van der Waals surface area (Å²) in [5.74, 6) is 2.16. The molecular formula is C34H37N8NaO3S3. The van der Waals surface area contributed by atoms with Gasteiger partial charge in [-0.2, -0.15) is 10.2 Å². The number of hydrogen-bond acceptors (Lipinski definition) is 9. The Bertz CT molecular complexity index is 2150. The molecule has 6 aromatic heterocycles. The summed E-state index contributed by atoms with van der Waals surface area (Å²) < 4.78 is 27.7. The number of H-pyrrole nitrogens is 3. The Morgan fingerprint density at radius 2 is 1.35 bits per heavy atom. The number of hydrogen-bond donors (Lipinski definition) is 3. The van der Waals surface area contributed by atoms with Crippen molar-refractivity contribution in [1.82, 2.24) is 39.3 Å². The average Bonchev–Trinajstić information content (AvgIpc) is 3.92. The van der Waals surface area contributed by atoms with Gasteiger partial charge in [-0.1, -0.05) is 44.9 Å². The number of rotatable bonds is 12. The van der Waals surface area contributed by atoms with Crippen LogP contribution in [0.2, 0.25) is 0 Å². The summed E-state index contributed by atoms with van der Waals surface area (Å²) >= 11 is 3.60. The fraction of sp³-hybridized carbons (Fsp3) is 0.235. The van der Waals surface area contributed by atoms with Crippen LogP contribution < -0.4 is 29.6 Å². The van der Waals surface area contributed by atoms with Gasteiger partial charge in [-0.3, -0.25) is 10.2 Å². The zero-order valence-corrected chi connectivity index (χ0v) is 32.1. The van der Waals surface area contributed by atoms with Gasteiger partial charge in [0, 0.05) is 80.0 Å². The van der Waals surface area contributed by atoms with Gasteiger partial charge in [-0.05, 0) is 48.6 Å². The quantitative estimate of drug-likeness (QED) is 0.0869. The summed E-state index contributed by atoms with van der Waals surface area (Å²) in [4.78, 5) is 14.7. The second kappa shape index (κ2) is 18.0. The number of pyridine rings is 2. The molecule has 49 heavy (non-hydrogen) atoms. The molecule has 7 rings (SSSR count). The van der Waals surface area contributed by atoms with Crippen LogP contribution in [0.4, 0.5) is 0 Å². The van der Waals surface area contributed by atoms with E-state index in [1.807, 2.05) is 42.6 Å². The van der Waals surface area contributed by atoms with E-state index in [-0.39, 0.29) is 39.9 Å². The average molecular weight is 725 g/mol. The van der Waals surface area contributed by atoms with Crippen molar-refractivity contribution in [3.63, 3.8) is 0 Å². The van der Waals surface area contributed by atoms with Gasteiger partial charge in [0.15, 0.2) is 5.65 Å². The normalized spacial score (nSPS) is 11.1. The van der Waals surface area contributed by atoms with E-state index in [2.05, 4.69) is 55.3 Å². The van der Waals surface area contributed by atoms with Gasteiger partial charge >= 0.3 is 29.6 Å². The number of nitrogens with one attached hydrogen (secondary N) is 3. The van der Waals surface area contributed by atoms with Crippen molar-refractivity contribution in [2.75, 3.05) is 11.5 Å². The minimum atomic E-state index is -3.75. The molecule has 0 aliphatic heterocycles. The van der Waals surface area contributed by atoms with Crippen LogP contribution in [0, 0.1) is 0 Å². The molecule has 0 spiro atoms. The van der Waals surface area contributed by atoms with E-state index in [9.17, 15) is 8.42 Å². The van der Waals surface area contributed by atoms with Crippen molar-refractivity contribution in [3.8, 4) is 22.3 Å². The topological polar surface area (TPSA) is 168 Å². The molecule has 4 N–H and O–H groups in total. The molecule has 0 aliphatic rings. The predicted molar refractivity (Wildman–Crippen MR) is 193 cm³/mol. The van der Waals surface area contributed by atoms with Crippen LogP contribution in [0.5, 0.6) is 0 Å². The van der Waals surface area contributed by atoms with Crippen LogP contribution in [0.25, 0.3) is 44.3 Å². The van der Waals surface area contributed by atoms with Crippen LogP contribution in [0.15, 0.2) is 107 Å². The first kappa shape index (κ1) is 38.4. The minimum Gasteiger partial charge on any atom is -0.870 e. The van der Waals surface area contributed by atoms with E-state index >= 15 is 0 Å². The Balaban J connectivity index is 0.000000226. The minimum absolute atomic E-state index is 0. The SMILES string of the molecule is CCCCSc1cnc2[nH]cc(-c3cn[nH]c3)c2c1.CCCCSc1cnc2c(c1)c(-c1cn[nH]c1)cn2S(=O)(=O)c1ccccc1.[Na+].[OH-]. The maximum Gasteiger partial charge on any atom is 1.00 e. The summed E-state index contributed by atoms with van der Waals surface area (Å²) in [6.45, 7) is 4.37. The van der Waals surface area contributed by atoms with Crippen LogP contribution in [0.3, 0.4) is 0 Å². The molecule has 0 atom stereocenters. The van der Waals surface area contributed by atoms with Crippen molar-refractivity contribution >= 4 is 55.6 Å². The first-order valence-electron chi connectivity index (χ1n) is 15.5. The standard InChI is InChI=1S/C20H20N4O2S2.C14H16N4S.Na.H2O/c1-2-3-9-27-16-10-18-19(15-11-22-23-12-15)14-24(20(18)21-13-16)28(25,26)17-7-5-4-6-8-17;1-2-3-4-19-11-5-12-13(10-6-17-18-7-10)9-16-14(12)15-8-11;;/h4-8,10-14H,2-3,9H2,1H3,(H,22,23);5-9H,2-4H2,1H3,(H,15,16)(H,17,18);;1H2/q;;+1;/p-1. The largest absolute Gasteiger partial charge is 1.00 e. The third-order valence-electron chi connectivity index (χ3n) is 7.54. The van der Waals surface area contributed by atoms with Crippen molar-refractivity contribution in [2.45, 2.75) is 54.2 Å². The smallest absolute Gasteiger partial charge is 0.870 e. The van der Waals surface area contributed by atoms with Crippen LogP contribution >= 0.6 is 23.5 Å². The molecule has 11 nitrogen and oxygen atoms in total. The van der Waals surface area contributed by atoms with Gasteiger partial charge in [0.05, 0.1) is 17.3 Å². The summed E-state index contributed by atoms with van der Waals surface area (Å²) in [6, 6.07) is 12.6. The molecule has 0 aliphatic carbocycles. The molecule has 6 heterocycles. The first-order chi connectivity index (χ1) is 23.0. The van der Waals surface area contributed by atoms with E-state index in [1.165, 1.54) is 21.7 Å². The van der Waals surface area contributed by atoms with Crippen LogP contribution in [-0.4, -0.2) is 64.7 Å². The number of aromatic nitrogens is 8. The first-order valence-corrected chi connectivity index (χ1v) is 18.9. The number of aromatic amines is 3. The molecule has 0 bridgehead atoms. The van der Waals surface area contributed by atoms with Crippen LogP contribution in [-0.2, 0) is 10.0 Å². The molecule has 250 valence electrons. The van der Waals surface area contributed by atoms with Crippen LogP contribution in [0.1, 0.15) is 39.5 Å². The summed E-state index contributed by atoms with van der Waals surface area (Å²) in [6.07, 6.45) is 19.2.